The molecule has 0 radical (unpaired) electrons. The van der Waals surface area contributed by atoms with Crippen molar-refractivity contribution >= 4 is 33.2 Å². The van der Waals surface area contributed by atoms with Crippen molar-refractivity contribution in [2.45, 2.75) is 11.8 Å². The Morgan fingerprint density at radius 1 is 1.17 bits per heavy atom. The minimum atomic E-state index is -3.74. The van der Waals surface area contributed by atoms with Crippen LogP contribution in [0.3, 0.4) is 0 Å². The van der Waals surface area contributed by atoms with Gasteiger partial charge in [-0.2, -0.15) is 0 Å². The molecule has 24 heavy (non-hydrogen) atoms. The van der Waals surface area contributed by atoms with Crippen molar-refractivity contribution in [1.29, 1.82) is 0 Å². The van der Waals surface area contributed by atoms with Gasteiger partial charge in [0.1, 0.15) is 0 Å². The van der Waals surface area contributed by atoms with Crippen LogP contribution in [-0.4, -0.2) is 33.0 Å². The van der Waals surface area contributed by atoms with Gasteiger partial charge in [-0.15, -0.1) is 0 Å². The summed E-state index contributed by atoms with van der Waals surface area (Å²) in [5, 5.41) is 3.35. The minimum absolute atomic E-state index is 0.0334. The first-order valence-electron chi connectivity index (χ1n) is 6.96. The predicted molar refractivity (Wildman–Crippen MR) is 92.5 cm³/mol. The Bertz CT molecular complexity index is 851. The zero-order valence-corrected chi connectivity index (χ0v) is 15.0. The van der Waals surface area contributed by atoms with Crippen LogP contribution in [0, 0.1) is 6.92 Å². The van der Waals surface area contributed by atoms with E-state index in [1.165, 1.54) is 38.4 Å². The van der Waals surface area contributed by atoms with Crippen LogP contribution in [0.1, 0.15) is 15.9 Å². The highest BCUT2D eigenvalue weighted by molar-refractivity contribution is 7.89. The number of rotatable bonds is 5. The number of aryl methyl sites for hydroxylation is 1. The van der Waals surface area contributed by atoms with E-state index in [0.717, 1.165) is 10.0 Å². The van der Waals surface area contributed by atoms with E-state index < -0.39 is 10.0 Å². The highest BCUT2D eigenvalue weighted by Crippen LogP contribution is 2.21. The summed E-state index contributed by atoms with van der Waals surface area (Å²) in [6, 6.07) is 10.7. The third-order valence-electron chi connectivity index (χ3n) is 3.45. The SMILES string of the molecule is CON(C)S(=O)(=O)c1ccc(C(=O)Nc2ccc(Cl)cc2C)cc1. The predicted octanol–water partition coefficient (Wildman–Crippen LogP) is 3.08. The lowest BCUT2D eigenvalue weighted by Gasteiger charge is -2.14. The molecule has 2 aromatic rings. The maximum absolute atomic E-state index is 12.3. The van der Waals surface area contributed by atoms with E-state index in [-0.39, 0.29) is 10.8 Å². The summed E-state index contributed by atoms with van der Waals surface area (Å²) in [5.41, 5.74) is 1.81. The van der Waals surface area contributed by atoms with E-state index in [0.29, 0.717) is 16.3 Å². The molecular formula is C16H17ClN2O4S. The van der Waals surface area contributed by atoms with E-state index in [9.17, 15) is 13.2 Å². The fraction of sp³-hybridized carbons (Fsp3) is 0.188. The van der Waals surface area contributed by atoms with Crippen molar-refractivity contribution in [1.82, 2.24) is 4.47 Å². The van der Waals surface area contributed by atoms with E-state index in [1.807, 2.05) is 6.92 Å². The lowest BCUT2D eigenvalue weighted by Crippen LogP contribution is -2.25. The van der Waals surface area contributed by atoms with E-state index >= 15 is 0 Å². The van der Waals surface area contributed by atoms with Gasteiger partial charge in [-0.25, -0.2) is 8.42 Å². The number of sulfonamides is 1. The molecule has 128 valence electrons. The molecule has 0 saturated heterocycles. The Morgan fingerprint density at radius 3 is 2.33 bits per heavy atom. The maximum atomic E-state index is 12.3. The number of hydrogen-bond donors (Lipinski definition) is 1. The molecule has 2 aromatic carbocycles. The molecule has 2 rings (SSSR count). The molecule has 0 aromatic heterocycles. The van der Waals surface area contributed by atoms with Crippen LogP contribution in [0.25, 0.3) is 0 Å². The number of carbonyl (C=O) groups is 1. The van der Waals surface area contributed by atoms with Crippen molar-refractivity contribution < 1.29 is 18.0 Å². The van der Waals surface area contributed by atoms with Gasteiger partial charge in [-0.05, 0) is 55.0 Å². The van der Waals surface area contributed by atoms with E-state index in [1.54, 1.807) is 18.2 Å². The second kappa shape index (κ2) is 7.31. The van der Waals surface area contributed by atoms with Gasteiger partial charge >= 0.3 is 0 Å². The first-order valence-corrected chi connectivity index (χ1v) is 8.78. The highest BCUT2D eigenvalue weighted by Gasteiger charge is 2.21. The lowest BCUT2D eigenvalue weighted by molar-refractivity contribution is -0.0258. The fourth-order valence-electron chi connectivity index (χ4n) is 1.99. The molecule has 0 fully saturated rings. The molecule has 0 bridgehead atoms. The lowest BCUT2D eigenvalue weighted by atomic mass is 10.1. The topological polar surface area (TPSA) is 75.7 Å². The standard InChI is InChI=1S/C16H17ClN2O4S/c1-11-10-13(17)6-9-15(11)18-16(20)12-4-7-14(8-5-12)24(21,22)19(2)23-3/h4-10H,1-3H3,(H,18,20). The molecule has 0 heterocycles. The summed E-state index contributed by atoms with van der Waals surface area (Å²) in [6.45, 7) is 1.83. The number of benzene rings is 2. The zero-order chi connectivity index (χ0) is 17.9. The summed E-state index contributed by atoms with van der Waals surface area (Å²) in [7, 11) is -1.19. The number of amides is 1. The molecule has 0 atom stereocenters. The summed E-state index contributed by atoms with van der Waals surface area (Å²) >= 11 is 5.88. The van der Waals surface area contributed by atoms with Crippen molar-refractivity contribution in [2.75, 3.05) is 19.5 Å². The van der Waals surface area contributed by atoms with Crippen LogP contribution >= 0.6 is 11.6 Å². The first-order chi connectivity index (χ1) is 11.3. The van der Waals surface area contributed by atoms with Gasteiger partial charge in [-0.3, -0.25) is 9.63 Å². The average molecular weight is 369 g/mol. The van der Waals surface area contributed by atoms with Gasteiger partial charge < -0.3 is 5.32 Å². The Labute approximate surface area is 146 Å². The molecule has 1 N–H and O–H groups in total. The molecule has 0 aliphatic heterocycles. The first kappa shape index (κ1) is 18.4. The zero-order valence-electron chi connectivity index (χ0n) is 13.4. The van der Waals surface area contributed by atoms with Crippen LogP contribution in [0.2, 0.25) is 5.02 Å². The Hall–Kier alpha value is -1.93. The number of carbonyl (C=O) groups excluding carboxylic acids is 1. The van der Waals surface area contributed by atoms with E-state index in [4.69, 9.17) is 16.4 Å². The van der Waals surface area contributed by atoms with Crippen LogP contribution in [0.5, 0.6) is 0 Å². The number of halogens is 1. The van der Waals surface area contributed by atoms with Crippen LogP contribution in [0.15, 0.2) is 47.4 Å². The van der Waals surface area contributed by atoms with Crippen LogP contribution in [-0.2, 0) is 14.9 Å². The highest BCUT2D eigenvalue weighted by atomic mass is 35.5. The molecule has 6 nitrogen and oxygen atoms in total. The smallest absolute Gasteiger partial charge is 0.264 e. The monoisotopic (exact) mass is 368 g/mol. The molecule has 0 aliphatic carbocycles. The number of nitrogens with one attached hydrogen (secondary N) is 1. The Balaban J connectivity index is 2.20. The summed E-state index contributed by atoms with van der Waals surface area (Å²) < 4.78 is 24.9. The van der Waals surface area contributed by atoms with Gasteiger partial charge in [0.2, 0.25) is 0 Å². The van der Waals surface area contributed by atoms with Gasteiger partial charge in [0.15, 0.2) is 0 Å². The number of nitrogens with zero attached hydrogens (tertiary/aromatic N) is 1. The molecule has 0 spiro atoms. The van der Waals surface area contributed by atoms with Gasteiger partial charge in [0, 0.05) is 23.3 Å². The molecule has 0 saturated carbocycles. The summed E-state index contributed by atoms with van der Waals surface area (Å²) in [4.78, 5) is 17.0. The van der Waals surface area contributed by atoms with Crippen molar-refractivity contribution in [3.8, 4) is 0 Å². The third-order valence-corrected chi connectivity index (χ3v) is 5.38. The van der Waals surface area contributed by atoms with E-state index in [2.05, 4.69) is 5.32 Å². The summed E-state index contributed by atoms with van der Waals surface area (Å²) in [5.74, 6) is -0.343. The Kier molecular flexibility index (Phi) is 5.61. The van der Waals surface area contributed by atoms with Gasteiger partial charge in [0.25, 0.3) is 15.9 Å². The second-order valence-corrected chi connectivity index (χ2v) is 7.41. The Morgan fingerprint density at radius 2 is 1.79 bits per heavy atom. The largest absolute Gasteiger partial charge is 0.322 e. The molecule has 1 amide bonds. The molecular weight excluding hydrogens is 352 g/mol. The van der Waals surface area contributed by atoms with Crippen LogP contribution < -0.4 is 5.32 Å². The summed E-state index contributed by atoms with van der Waals surface area (Å²) in [6.07, 6.45) is 0. The maximum Gasteiger partial charge on any atom is 0.264 e. The second-order valence-electron chi connectivity index (χ2n) is 5.04. The van der Waals surface area contributed by atoms with Gasteiger partial charge in [-0.1, -0.05) is 16.1 Å². The van der Waals surface area contributed by atoms with Crippen LogP contribution in [0.4, 0.5) is 5.69 Å². The quantitative estimate of drug-likeness (QED) is 0.823. The number of anilines is 1. The van der Waals surface area contributed by atoms with Crippen molar-refractivity contribution in [2.24, 2.45) is 0 Å². The molecule has 8 heteroatoms. The average Bonchev–Trinajstić information content (AvgIpc) is 2.56. The van der Waals surface area contributed by atoms with Crippen molar-refractivity contribution in [3.63, 3.8) is 0 Å². The number of hydrogen-bond acceptors (Lipinski definition) is 4. The molecule has 0 unspecified atom stereocenters. The normalized spacial score (nSPS) is 11.5. The van der Waals surface area contributed by atoms with Crippen molar-refractivity contribution in [3.05, 3.63) is 58.6 Å². The molecule has 0 aliphatic rings. The minimum Gasteiger partial charge on any atom is -0.322 e. The fourth-order valence-corrected chi connectivity index (χ4v) is 3.19. The third kappa shape index (κ3) is 3.93. The van der Waals surface area contributed by atoms with Gasteiger partial charge in [0.05, 0.1) is 12.0 Å². The number of hydroxylamine groups is 1.